The Bertz CT molecular complexity index is 606. The zero-order valence-corrected chi connectivity index (χ0v) is 14.3. The first-order valence-electron chi connectivity index (χ1n) is 8.43. The minimum Gasteiger partial charge on any atom is -0.373 e. The standard InChI is InChI=1S/C21H24OS/c1-3-8-18(9-4-1)16-19-10-7-11-20(17-19)22-14-15-23-21-12-5-2-6-13-21/h1-6,8-9,12-13,17,20H,7,10-11,14-16H2. The van der Waals surface area contributed by atoms with Crippen molar-refractivity contribution in [3.8, 4) is 0 Å². The second-order valence-electron chi connectivity index (χ2n) is 5.95. The molecule has 3 rings (SSSR count). The van der Waals surface area contributed by atoms with Crippen LogP contribution in [0.3, 0.4) is 0 Å². The van der Waals surface area contributed by atoms with Crippen LogP contribution < -0.4 is 0 Å². The van der Waals surface area contributed by atoms with E-state index in [1.807, 2.05) is 11.8 Å². The van der Waals surface area contributed by atoms with Gasteiger partial charge < -0.3 is 4.74 Å². The number of rotatable bonds is 7. The molecule has 0 radical (unpaired) electrons. The van der Waals surface area contributed by atoms with Crippen molar-refractivity contribution in [2.75, 3.05) is 12.4 Å². The maximum Gasteiger partial charge on any atom is 0.0759 e. The van der Waals surface area contributed by atoms with Crippen LogP contribution in [0, 0.1) is 0 Å². The summed E-state index contributed by atoms with van der Waals surface area (Å²) >= 11 is 1.87. The Morgan fingerprint density at radius 3 is 2.48 bits per heavy atom. The molecule has 0 spiro atoms. The lowest BCUT2D eigenvalue weighted by atomic mass is 9.92. The second kappa shape index (κ2) is 8.95. The van der Waals surface area contributed by atoms with Crippen LogP contribution in [0.5, 0.6) is 0 Å². The molecule has 1 nitrogen and oxygen atoms in total. The van der Waals surface area contributed by atoms with Gasteiger partial charge in [-0.15, -0.1) is 11.8 Å². The van der Waals surface area contributed by atoms with Crippen LogP contribution in [0.2, 0.25) is 0 Å². The molecule has 0 aliphatic heterocycles. The SMILES string of the molecule is C1=C(Cc2ccccc2)CCCC1OCCSc1ccccc1. The van der Waals surface area contributed by atoms with Gasteiger partial charge in [0, 0.05) is 10.6 Å². The molecule has 2 aromatic rings. The van der Waals surface area contributed by atoms with Crippen molar-refractivity contribution < 1.29 is 4.74 Å². The summed E-state index contributed by atoms with van der Waals surface area (Å²) < 4.78 is 6.08. The Morgan fingerprint density at radius 1 is 0.957 bits per heavy atom. The molecule has 1 atom stereocenters. The van der Waals surface area contributed by atoms with Crippen LogP contribution >= 0.6 is 11.8 Å². The van der Waals surface area contributed by atoms with Crippen molar-refractivity contribution in [2.24, 2.45) is 0 Å². The molecular weight excluding hydrogens is 300 g/mol. The molecule has 1 unspecified atom stereocenters. The third kappa shape index (κ3) is 5.56. The smallest absolute Gasteiger partial charge is 0.0759 e. The third-order valence-electron chi connectivity index (χ3n) is 4.11. The lowest BCUT2D eigenvalue weighted by Gasteiger charge is -2.21. The van der Waals surface area contributed by atoms with Gasteiger partial charge in [0.15, 0.2) is 0 Å². The van der Waals surface area contributed by atoms with Crippen molar-refractivity contribution in [1.82, 2.24) is 0 Å². The molecular formula is C21H24OS. The van der Waals surface area contributed by atoms with Crippen molar-refractivity contribution in [3.63, 3.8) is 0 Å². The number of hydrogen-bond donors (Lipinski definition) is 0. The van der Waals surface area contributed by atoms with Crippen molar-refractivity contribution >= 4 is 11.8 Å². The van der Waals surface area contributed by atoms with E-state index in [-0.39, 0.29) is 0 Å². The fraction of sp³-hybridized carbons (Fsp3) is 0.333. The molecule has 1 aliphatic carbocycles. The first-order chi connectivity index (χ1) is 11.4. The topological polar surface area (TPSA) is 9.23 Å². The van der Waals surface area contributed by atoms with Gasteiger partial charge in [0.25, 0.3) is 0 Å². The highest BCUT2D eigenvalue weighted by Gasteiger charge is 2.14. The minimum absolute atomic E-state index is 0.304. The summed E-state index contributed by atoms with van der Waals surface area (Å²) in [5.74, 6) is 1.02. The van der Waals surface area contributed by atoms with E-state index in [1.165, 1.54) is 28.9 Å². The lowest BCUT2D eigenvalue weighted by Crippen LogP contribution is -2.17. The van der Waals surface area contributed by atoms with Gasteiger partial charge >= 0.3 is 0 Å². The zero-order chi connectivity index (χ0) is 15.7. The first kappa shape index (κ1) is 16.4. The number of ether oxygens (including phenoxy) is 1. The first-order valence-corrected chi connectivity index (χ1v) is 9.42. The molecule has 0 saturated heterocycles. The summed E-state index contributed by atoms with van der Waals surface area (Å²) in [7, 11) is 0. The van der Waals surface area contributed by atoms with Crippen molar-refractivity contribution in [3.05, 3.63) is 77.9 Å². The van der Waals surface area contributed by atoms with Gasteiger partial charge in [-0.1, -0.05) is 60.2 Å². The maximum absolute atomic E-state index is 6.08. The van der Waals surface area contributed by atoms with E-state index in [1.54, 1.807) is 0 Å². The maximum atomic E-state index is 6.08. The molecule has 0 heterocycles. The Balaban J connectivity index is 1.43. The molecule has 0 fully saturated rings. The molecule has 1 aliphatic rings. The molecule has 0 bridgehead atoms. The van der Waals surface area contributed by atoms with Crippen LogP contribution in [0.25, 0.3) is 0 Å². The number of benzene rings is 2. The van der Waals surface area contributed by atoms with Crippen LogP contribution in [-0.4, -0.2) is 18.5 Å². The zero-order valence-electron chi connectivity index (χ0n) is 13.5. The average Bonchev–Trinajstić information content (AvgIpc) is 2.61. The molecule has 0 amide bonds. The van der Waals surface area contributed by atoms with E-state index in [4.69, 9.17) is 4.74 Å². The summed E-state index contributed by atoms with van der Waals surface area (Å²) in [6.07, 6.45) is 7.36. The molecule has 0 aromatic heterocycles. The summed E-state index contributed by atoms with van der Waals surface area (Å²) in [6.45, 7) is 0.819. The van der Waals surface area contributed by atoms with Gasteiger partial charge in [-0.2, -0.15) is 0 Å². The van der Waals surface area contributed by atoms with Crippen molar-refractivity contribution in [2.45, 2.75) is 36.7 Å². The highest BCUT2D eigenvalue weighted by molar-refractivity contribution is 7.99. The van der Waals surface area contributed by atoms with Gasteiger partial charge in [-0.3, -0.25) is 0 Å². The molecule has 0 N–H and O–H groups in total. The van der Waals surface area contributed by atoms with Gasteiger partial charge in [0.2, 0.25) is 0 Å². The quantitative estimate of drug-likeness (QED) is 0.377. The fourth-order valence-corrected chi connectivity index (χ4v) is 3.74. The van der Waals surface area contributed by atoms with E-state index in [2.05, 4.69) is 66.7 Å². The van der Waals surface area contributed by atoms with Gasteiger partial charge in [-0.25, -0.2) is 0 Å². The van der Waals surface area contributed by atoms with Crippen LogP contribution in [-0.2, 0) is 11.2 Å². The van der Waals surface area contributed by atoms with E-state index in [9.17, 15) is 0 Å². The molecule has 23 heavy (non-hydrogen) atoms. The highest BCUT2D eigenvalue weighted by Crippen LogP contribution is 2.24. The highest BCUT2D eigenvalue weighted by atomic mass is 32.2. The molecule has 2 heteroatoms. The second-order valence-corrected chi connectivity index (χ2v) is 7.12. The van der Waals surface area contributed by atoms with Crippen LogP contribution in [0.1, 0.15) is 24.8 Å². The minimum atomic E-state index is 0.304. The van der Waals surface area contributed by atoms with E-state index >= 15 is 0 Å². The summed E-state index contributed by atoms with van der Waals surface area (Å²) in [5, 5.41) is 0. The predicted molar refractivity (Wildman–Crippen MR) is 99.0 cm³/mol. The average molecular weight is 324 g/mol. The Hall–Kier alpha value is -1.51. The summed E-state index contributed by atoms with van der Waals surface area (Å²) in [4.78, 5) is 1.32. The lowest BCUT2D eigenvalue weighted by molar-refractivity contribution is 0.0866. The van der Waals surface area contributed by atoms with E-state index < -0.39 is 0 Å². The predicted octanol–water partition coefficient (Wildman–Crippen LogP) is 5.52. The Kier molecular flexibility index (Phi) is 6.36. The molecule has 2 aromatic carbocycles. The van der Waals surface area contributed by atoms with E-state index in [0.29, 0.717) is 6.10 Å². The largest absolute Gasteiger partial charge is 0.373 e. The number of allylic oxidation sites excluding steroid dienone is 1. The van der Waals surface area contributed by atoms with Crippen LogP contribution in [0.15, 0.2) is 77.2 Å². The number of hydrogen-bond acceptors (Lipinski definition) is 2. The van der Waals surface area contributed by atoms with Crippen molar-refractivity contribution in [1.29, 1.82) is 0 Å². The van der Waals surface area contributed by atoms with Gasteiger partial charge in [0.1, 0.15) is 0 Å². The fourth-order valence-electron chi connectivity index (χ4n) is 2.97. The normalized spacial score (nSPS) is 17.7. The van der Waals surface area contributed by atoms with Gasteiger partial charge in [-0.05, 0) is 43.4 Å². The van der Waals surface area contributed by atoms with Crippen LogP contribution in [0.4, 0.5) is 0 Å². The summed E-state index contributed by atoms with van der Waals surface area (Å²) in [5.41, 5.74) is 2.93. The van der Waals surface area contributed by atoms with E-state index in [0.717, 1.165) is 25.2 Å². The monoisotopic (exact) mass is 324 g/mol. The number of thioether (sulfide) groups is 1. The summed E-state index contributed by atoms with van der Waals surface area (Å²) in [6, 6.07) is 21.3. The molecule has 0 saturated carbocycles. The Labute approximate surface area is 143 Å². The van der Waals surface area contributed by atoms with Gasteiger partial charge in [0.05, 0.1) is 12.7 Å². The third-order valence-corrected chi connectivity index (χ3v) is 5.09. The Morgan fingerprint density at radius 2 is 1.70 bits per heavy atom. The molecule has 120 valence electrons.